The number of hydrogen-bond acceptors (Lipinski definition) is 4. The summed E-state index contributed by atoms with van der Waals surface area (Å²) in [5, 5.41) is 3.13. The second-order valence-corrected chi connectivity index (χ2v) is 5.72. The molecule has 0 aromatic heterocycles. The van der Waals surface area contributed by atoms with Gasteiger partial charge in [0.2, 0.25) is 5.75 Å². The van der Waals surface area contributed by atoms with Crippen molar-refractivity contribution < 1.29 is 19.0 Å². The lowest BCUT2D eigenvalue weighted by atomic mass is 9.86. The Balaban J connectivity index is 2.25. The predicted octanol–water partition coefficient (Wildman–Crippen LogP) is 3.02. The molecule has 1 aliphatic carbocycles. The summed E-state index contributed by atoms with van der Waals surface area (Å²) < 4.78 is 16.0. The van der Waals surface area contributed by atoms with Gasteiger partial charge in [0.05, 0.1) is 26.9 Å². The molecule has 1 aromatic rings. The Labute approximate surface area is 131 Å². The van der Waals surface area contributed by atoms with Crippen LogP contribution in [0.5, 0.6) is 17.2 Å². The molecule has 0 saturated heterocycles. The number of carbonyl (C=O) groups excluding carboxylic acids is 1. The Morgan fingerprint density at radius 3 is 2.32 bits per heavy atom. The summed E-state index contributed by atoms with van der Waals surface area (Å²) in [7, 11) is 4.61. The number of carbonyl (C=O) groups is 1. The molecule has 22 heavy (non-hydrogen) atoms. The van der Waals surface area contributed by atoms with Gasteiger partial charge in [-0.3, -0.25) is 4.79 Å². The van der Waals surface area contributed by atoms with E-state index in [0.717, 1.165) is 12.8 Å². The fourth-order valence-electron chi connectivity index (χ4n) is 3.06. The average molecular weight is 307 g/mol. The molecule has 1 aromatic carbocycles. The molecule has 1 fully saturated rings. The lowest BCUT2D eigenvalue weighted by molar-refractivity contribution is 0.0906. The number of hydrogen-bond donors (Lipinski definition) is 1. The summed E-state index contributed by atoms with van der Waals surface area (Å²) in [5.41, 5.74) is 0.470. The topological polar surface area (TPSA) is 56.8 Å². The van der Waals surface area contributed by atoms with Gasteiger partial charge in [0, 0.05) is 6.04 Å². The van der Waals surface area contributed by atoms with Crippen LogP contribution in [0.3, 0.4) is 0 Å². The van der Waals surface area contributed by atoms with E-state index in [9.17, 15) is 4.79 Å². The summed E-state index contributed by atoms with van der Waals surface area (Å²) in [4.78, 5) is 12.6. The van der Waals surface area contributed by atoms with Crippen molar-refractivity contribution in [3.63, 3.8) is 0 Å². The number of rotatable bonds is 5. The summed E-state index contributed by atoms with van der Waals surface area (Å²) in [6.45, 7) is 2.19. The third-order valence-electron chi connectivity index (χ3n) is 4.38. The first-order valence-corrected chi connectivity index (χ1v) is 7.72. The van der Waals surface area contributed by atoms with E-state index in [1.807, 2.05) is 0 Å². The van der Waals surface area contributed by atoms with Crippen LogP contribution in [0.2, 0.25) is 0 Å². The van der Waals surface area contributed by atoms with Gasteiger partial charge in [0.15, 0.2) is 11.5 Å². The summed E-state index contributed by atoms with van der Waals surface area (Å²) in [6.07, 6.45) is 4.60. The Kier molecular flexibility index (Phi) is 5.52. The van der Waals surface area contributed by atoms with E-state index in [1.54, 1.807) is 19.2 Å². The quantitative estimate of drug-likeness (QED) is 0.908. The molecule has 1 amide bonds. The van der Waals surface area contributed by atoms with Gasteiger partial charge in [0.1, 0.15) is 0 Å². The fourth-order valence-corrected chi connectivity index (χ4v) is 3.06. The number of ether oxygens (including phenoxy) is 3. The molecule has 122 valence electrons. The highest BCUT2D eigenvalue weighted by molar-refractivity contribution is 5.98. The van der Waals surface area contributed by atoms with E-state index in [-0.39, 0.29) is 11.9 Å². The molecule has 0 heterocycles. The predicted molar refractivity (Wildman–Crippen MR) is 85.0 cm³/mol. The van der Waals surface area contributed by atoms with Gasteiger partial charge in [-0.05, 0) is 30.9 Å². The Morgan fingerprint density at radius 2 is 1.73 bits per heavy atom. The lowest BCUT2D eigenvalue weighted by Crippen LogP contribution is -2.41. The molecule has 0 spiro atoms. The first-order valence-electron chi connectivity index (χ1n) is 7.72. The minimum atomic E-state index is -0.128. The Hall–Kier alpha value is -1.91. The van der Waals surface area contributed by atoms with Crippen LogP contribution in [-0.2, 0) is 0 Å². The van der Waals surface area contributed by atoms with Crippen molar-refractivity contribution in [2.75, 3.05) is 21.3 Å². The van der Waals surface area contributed by atoms with Crippen LogP contribution in [0.25, 0.3) is 0 Å². The highest BCUT2D eigenvalue weighted by Crippen LogP contribution is 2.39. The molecule has 2 rings (SSSR count). The highest BCUT2D eigenvalue weighted by Gasteiger charge is 2.26. The molecule has 2 atom stereocenters. The molecule has 0 radical (unpaired) electrons. The van der Waals surface area contributed by atoms with Gasteiger partial charge in [0.25, 0.3) is 5.91 Å². The molecule has 1 aliphatic rings. The fraction of sp³-hybridized carbons (Fsp3) is 0.588. The van der Waals surface area contributed by atoms with E-state index in [2.05, 4.69) is 12.2 Å². The minimum absolute atomic E-state index is 0.128. The van der Waals surface area contributed by atoms with Gasteiger partial charge < -0.3 is 19.5 Å². The van der Waals surface area contributed by atoms with E-state index in [0.29, 0.717) is 28.7 Å². The maximum atomic E-state index is 12.6. The first kappa shape index (κ1) is 16.5. The van der Waals surface area contributed by atoms with Crippen LogP contribution in [0.1, 0.15) is 43.0 Å². The van der Waals surface area contributed by atoms with Crippen LogP contribution in [0, 0.1) is 5.92 Å². The average Bonchev–Trinajstić information content (AvgIpc) is 2.55. The third-order valence-corrected chi connectivity index (χ3v) is 4.38. The summed E-state index contributed by atoms with van der Waals surface area (Å²) in [5.74, 6) is 1.76. The van der Waals surface area contributed by atoms with Gasteiger partial charge in [-0.2, -0.15) is 0 Å². The van der Waals surface area contributed by atoms with Crippen molar-refractivity contribution in [3.8, 4) is 17.2 Å². The molecule has 5 nitrogen and oxygen atoms in total. The van der Waals surface area contributed by atoms with Crippen molar-refractivity contribution >= 4 is 5.91 Å². The first-order chi connectivity index (χ1) is 10.6. The molecule has 1 N–H and O–H groups in total. The van der Waals surface area contributed by atoms with Crippen molar-refractivity contribution in [2.24, 2.45) is 5.92 Å². The molecular weight excluding hydrogens is 282 g/mol. The maximum Gasteiger partial charge on any atom is 0.255 e. The van der Waals surface area contributed by atoms with Crippen LogP contribution < -0.4 is 19.5 Å². The summed E-state index contributed by atoms with van der Waals surface area (Å²) in [6, 6.07) is 3.66. The Morgan fingerprint density at radius 1 is 1.05 bits per heavy atom. The van der Waals surface area contributed by atoms with Crippen molar-refractivity contribution in [3.05, 3.63) is 17.7 Å². The molecule has 0 unspecified atom stereocenters. The minimum Gasteiger partial charge on any atom is -0.493 e. The number of nitrogens with one attached hydrogen (secondary N) is 1. The van der Waals surface area contributed by atoms with Gasteiger partial charge in [-0.1, -0.05) is 19.8 Å². The lowest BCUT2D eigenvalue weighted by Gasteiger charge is -2.29. The molecule has 0 bridgehead atoms. The van der Waals surface area contributed by atoms with Gasteiger partial charge >= 0.3 is 0 Å². The standard InChI is InChI=1S/C17H25NO4/c1-11-7-5-6-8-13(11)18-17(19)12-9-10-14(20-2)16(22-4)15(12)21-3/h9-11,13H,5-8H2,1-4H3,(H,18,19)/t11-,13-/m0/s1. The molecule has 1 saturated carbocycles. The Bertz CT molecular complexity index is 530. The number of benzene rings is 1. The summed E-state index contributed by atoms with van der Waals surface area (Å²) >= 11 is 0. The van der Waals surface area contributed by atoms with Crippen LogP contribution in [0.4, 0.5) is 0 Å². The second-order valence-electron chi connectivity index (χ2n) is 5.72. The zero-order valence-electron chi connectivity index (χ0n) is 13.8. The molecular formula is C17H25NO4. The van der Waals surface area contributed by atoms with Crippen molar-refractivity contribution in [2.45, 2.75) is 38.6 Å². The number of amides is 1. The molecule has 5 heteroatoms. The SMILES string of the molecule is COc1ccc(C(=O)N[C@H]2CCCC[C@@H]2C)c(OC)c1OC. The van der Waals surface area contributed by atoms with Gasteiger partial charge in [-0.25, -0.2) is 0 Å². The van der Waals surface area contributed by atoms with Crippen molar-refractivity contribution in [1.82, 2.24) is 5.32 Å². The van der Waals surface area contributed by atoms with E-state index in [1.165, 1.54) is 27.1 Å². The zero-order valence-corrected chi connectivity index (χ0v) is 13.8. The largest absolute Gasteiger partial charge is 0.493 e. The highest BCUT2D eigenvalue weighted by atomic mass is 16.5. The van der Waals surface area contributed by atoms with Gasteiger partial charge in [-0.15, -0.1) is 0 Å². The van der Waals surface area contributed by atoms with Crippen molar-refractivity contribution in [1.29, 1.82) is 0 Å². The van der Waals surface area contributed by atoms with Crippen LogP contribution in [0.15, 0.2) is 12.1 Å². The van der Waals surface area contributed by atoms with E-state index < -0.39 is 0 Å². The van der Waals surface area contributed by atoms with E-state index >= 15 is 0 Å². The number of methoxy groups -OCH3 is 3. The molecule has 0 aliphatic heterocycles. The van der Waals surface area contributed by atoms with Crippen LogP contribution >= 0.6 is 0 Å². The third kappa shape index (κ3) is 3.29. The normalized spacial score (nSPS) is 21.1. The smallest absolute Gasteiger partial charge is 0.255 e. The van der Waals surface area contributed by atoms with Crippen LogP contribution in [-0.4, -0.2) is 33.3 Å². The van der Waals surface area contributed by atoms with E-state index in [4.69, 9.17) is 14.2 Å². The maximum absolute atomic E-state index is 12.6. The second kappa shape index (κ2) is 7.38. The zero-order chi connectivity index (χ0) is 16.1. The monoisotopic (exact) mass is 307 g/mol.